The molecule has 0 aromatic heterocycles. The zero-order chi connectivity index (χ0) is 13.6. The number of hydrogen-bond acceptors (Lipinski definition) is 3. The van der Waals surface area contributed by atoms with Crippen LogP contribution in [0.4, 0.5) is 13.2 Å². The molecule has 0 N–H and O–H groups in total. The molecule has 0 aliphatic heterocycles. The summed E-state index contributed by atoms with van der Waals surface area (Å²) in [5.41, 5.74) is 0.499. The van der Waals surface area contributed by atoms with Gasteiger partial charge >= 0.3 is 12.1 Å². The molecule has 0 fully saturated rings. The summed E-state index contributed by atoms with van der Waals surface area (Å²) in [6.07, 6.45) is -6.27. The average Bonchev–Trinajstić information content (AvgIpc) is 2.34. The zero-order valence-corrected chi connectivity index (χ0v) is 9.65. The minimum Gasteiger partial charge on any atom is -0.430 e. The molecule has 0 radical (unpaired) electrons. The SMILES string of the molecule is CCC(=O)OC(N=Cc1ccccc1)C(F)(F)F. The number of esters is 1. The zero-order valence-electron chi connectivity index (χ0n) is 9.65. The van der Waals surface area contributed by atoms with Crippen molar-refractivity contribution in [1.29, 1.82) is 0 Å². The number of nitrogens with zero attached hydrogens (tertiary/aromatic N) is 1. The lowest BCUT2D eigenvalue weighted by molar-refractivity contribution is -0.218. The van der Waals surface area contributed by atoms with E-state index in [0.717, 1.165) is 6.21 Å². The van der Waals surface area contributed by atoms with Gasteiger partial charge in [-0.05, 0) is 5.56 Å². The Kier molecular flexibility index (Phi) is 4.88. The first kappa shape index (κ1) is 14.2. The molecule has 6 heteroatoms. The molecule has 98 valence electrons. The second-order valence-electron chi connectivity index (χ2n) is 3.43. The first-order valence-corrected chi connectivity index (χ1v) is 5.28. The van der Waals surface area contributed by atoms with Crippen LogP contribution < -0.4 is 0 Å². The number of halogens is 3. The number of aliphatic imine (C=N–C) groups is 1. The van der Waals surface area contributed by atoms with Crippen LogP contribution in [0.2, 0.25) is 0 Å². The highest BCUT2D eigenvalue weighted by molar-refractivity contribution is 5.79. The second kappa shape index (κ2) is 6.18. The van der Waals surface area contributed by atoms with Crippen molar-refractivity contribution in [3.05, 3.63) is 35.9 Å². The van der Waals surface area contributed by atoms with E-state index in [2.05, 4.69) is 9.73 Å². The van der Waals surface area contributed by atoms with E-state index in [9.17, 15) is 18.0 Å². The van der Waals surface area contributed by atoms with Crippen LogP contribution >= 0.6 is 0 Å². The minimum atomic E-state index is -4.71. The Morgan fingerprint density at radius 2 is 2.00 bits per heavy atom. The van der Waals surface area contributed by atoms with Gasteiger partial charge in [-0.3, -0.25) is 4.79 Å². The van der Waals surface area contributed by atoms with Crippen LogP contribution in [-0.4, -0.2) is 24.6 Å². The highest BCUT2D eigenvalue weighted by Gasteiger charge is 2.42. The summed E-state index contributed by atoms with van der Waals surface area (Å²) in [5.74, 6) is -0.942. The van der Waals surface area contributed by atoms with E-state index in [4.69, 9.17) is 0 Å². The van der Waals surface area contributed by atoms with E-state index in [0.29, 0.717) is 5.56 Å². The van der Waals surface area contributed by atoms with Crippen LogP contribution in [0.15, 0.2) is 35.3 Å². The van der Waals surface area contributed by atoms with Gasteiger partial charge in [-0.25, -0.2) is 4.99 Å². The second-order valence-corrected chi connectivity index (χ2v) is 3.43. The number of carbonyl (C=O) groups is 1. The molecule has 1 aromatic rings. The van der Waals surface area contributed by atoms with Crippen molar-refractivity contribution in [2.75, 3.05) is 0 Å². The first-order chi connectivity index (χ1) is 8.43. The molecular weight excluding hydrogens is 247 g/mol. The molecule has 1 atom stereocenters. The van der Waals surface area contributed by atoms with Crippen LogP contribution in [0.3, 0.4) is 0 Å². The number of benzene rings is 1. The molecule has 3 nitrogen and oxygen atoms in total. The Hall–Kier alpha value is -1.85. The van der Waals surface area contributed by atoms with Crippen LogP contribution in [0.25, 0.3) is 0 Å². The number of carbonyl (C=O) groups excluding carboxylic acids is 1. The van der Waals surface area contributed by atoms with Gasteiger partial charge < -0.3 is 4.74 Å². The van der Waals surface area contributed by atoms with E-state index < -0.39 is 18.4 Å². The van der Waals surface area contributed by atoms with Gasteiger partial charge in [-0.1, -0.05) is 37.3 Å². The number of hydrogen-bond donors (Lipinski definition) is 0. The van der Waals surface area contributed by atoms with E-state index in [1.807, 2.05) is 0 Å². The normalized spacial score (nSPS) is 13.6. The maximum absolute atomic E-state index is 12.5. The third-order valence-corrected chi connectivity index (χ3v) is 1.97. The van der Waals surface area contributed by atoms with E-state index >= 15 is 0 Å². The third-order valence-electron chi connectivity index (χ3n) is 1.97. The van der Waals surface area contributed by atoms with Gasteiger partial charge in [0.2, 0.25) is 0 Å². The molecule has 0 saturated carbocycles. The van der Waals surface area contributed by atoms with Crippen molar-refractivity contribution in [2.24, 2.45) is 4.99 Å². The Labute approximate surface area is 102 Å². The van der Waals surface area contributed by atoms with Crippen molar-refractivity contribution in [2.45, 2.75) is 25.7 Å². The van der Waals surface area contributed by atoms with Crippen LogP contribution in [0, 0.1) is 0 Å². The van der Waals surface area contributed by atoms with Gasteiger partial charge in [0.25, 0.3) is 6.23 Å². The maximum Gasteiger partial charge on any atom is 0.447 e. The van der Waals surface area contributed by atoms with E-state index in [1.54, 1.807) is 30.3 Å². The molecule has 0 spiro atoms. The molecule has 0 bridgehead atoms. The van der Waals surface area contributed by atoms with Gasteiger partial charge in [0.05, 0.1) is 0 Å². The quantitative estimate of drug-likeness (QED) is 0.616. The molecule has 1 aromatic carbocycles. The molecule has 18 heavy (non-hydrogen) atoms. The monoisotopic (exact) mass is 259 g/mol. The van der Waals surface area contributed by atoms with Crippen molar-refractivity contribution in [3.8, 4) is 0 Å². The smallest absolute Gasteiger partial charge is 0.430 e. The molecule has 0 amide bonds. The summed E-state index contributed by atoms with van der Waals surface area (Å²) in [4.78, 5) is 14.1. The topological polar surface area (TPSA) is 38.7 Å². The molecule has 1 unspecified atom stereocenters. The molecule has 0 aliphatic carbocycles. The van der Waals surface area contributed by atoms with Crippen molar-refractivity contribution in [1.82, 2.24) is 0 Å². The lowest BCUT2D eigenvalue weighted by Crippen LogP contribution is -2.32. The lowest BCUT2D eigenvalue weighted by atomic mass is 10.2. The molecular formula is C12H12F3NO2. The van der Waals surface area contributed by atoms with E-state index in [1.165, 1.54) is 6.92 Å². The summed E-state index contributed by atoms with van der Waals surface area (Å²) in [6.45, 7) is 1.41. The Morgan fingerprint density at radius 1 is 1.39 bits per heavy atom. The summed E-state index contributed by atoms with van der Waals surface area (Å²) < 4.78 is 41.8. The summed E-state index contributed by atoms with van der Waals surface area (Å²) in [7, 11) is 0. The summed E-state index contributed by atoms with van der Waals surface area (Å²) >= 11 is 0. The lowest BCUT2D eigenvalue weighted by Gasteiger charge is -2.16. The van der Waals surface area contributed by atoms with Crippen molar-refractivity contribution < 1.29 is 22.7 Å². The molecule has 0 heterocycles. The van der Waals surface area contributed by atoms with Crippen molar-refractivity contribution in [3.63, 3.8) is 0 Å². The predicted octanol–water partition coefficient (Wildman–Crippen LogP) is 2.95. The fourth-order valence-electron chi connectivity index (χ4n) is 1.08. The largest absolute Gasteiger partial charge is 0.447 e. The van der Waals surface area contributed by atoms with Crippen LogP contribution in [0.1, 0.15) is 18.9 Å². The molecule has 1 rings (SSSR count). The van der Waals surface area contributed by atoms with Gasteiger partial charge in [0.15, 0.2) is 0 Å². The van der Waals surface area contributed by atoms with Crippen LogP contribution in [-0.2, 0) is 9.53 Å². The van der Waals surface area contributed by atoms with Gasteiger partial charge in [-0.15, -0.1) is 0 Å². The molecule has 0 saturated heterocycles. The molecule has 0 aliphatic rings. The highest BCUT2D eigenvalue weighted by Crippen LogP contribution is 2.24. The Morgan fingerprint density at radius 3 is 2.50 bits per heavy atom. The van der Waals surface area contributed by atoms with Crippen molar-refractivity contribution >= 4 is 12.2 Å². The van der Waals surface area contributed by atoms with Gasteiger partial charge in [0, 0.05) is 12.6 Å². The summed E-state index contributed by atoms with van der Waals surface area (Å²) in [5, 5.41) is 0. The van der Waals surface area contributed by atoms with Gasteiger partial charge in [-0.2, -0.15) is 13.2 Å². The minimum absolute atomic E-state index is 0.132. The number of alkyl halides is 3. The van der Waals surface area contributed by atoms with Crippen LogP contribution in [0.5, 0.6) is 0 Å². The highest BCUT2D eigenvalue weighted by atomic mass is 19.4. The van der Waals surface area contributed by atoms with E-state index in [-0.39, 0.29) is 6.42 Å². The fourth-order valence-corrected chi connectivity index (χ4v) is 1.08. The number of rotatable bonds is 4. The van der Waals surface area contributed by atoms with Gasteiger partial charge in [0.1, 0.15) is 0 Å². The third kappa shape index (κ3) is 4.57. The Bertz CT molecular complexity index is 415. The maximum atomic E-state index is 12.5. The first-order valence-electron chi connectivity index (χ1n) is 5.28. The average molecular weight is 259 g/mol. The standard InChI is InChI=1S/C12H12F3NO2/c1-2-10(17)18-11(12(13,14)15)16-8-9-6-4-3-5-7-9/h3-8,11H,2H2,1H3. The fraction of sp³-hybridized carbons (Fsp3) is 0.333. The Balaban J connectivity index is 2.79. The summed E-state index contributed by atoms with van der Waals surface area (Å²) in [6, 6.07) is 8.26. The number of ether oxygens (including phenoxy) is 1. The predicted molar refractivity (Wildman–Crippen MR) is 60.3 cm³/mol.